The van der Waals surface area contributed by atoms with Crippen LogP contribution in [0.1, 0.15) is 37.6 Å². The Morgan fingerprint density at radius 1 is 1.17 bits per heavy atom. The fourth-order valence-corrected chi connectivity index (χ4v) is 1.94. The Bertz CT molecular complexity index is 552. The van der Waals surface area contributed by atoms with Crippen LogP contribution in [0.4, 0.5) is 5.69 Å². The van der Waals surface area contributed by atoms with Gasteiger partial charge in [-0.05, 0) is 36.6 Å². The first-order chi connectivity index (χ1) is 10.8. The average Bonchev–Trinajstić information content (AvgIpc) is 2.50. The number of rotatable bonds is 7. The Morgan fingerprint density at radius 3 is 2.26 bits per heavy atom. The lowest BCUT2D eigenvalue weighted by Crippen LogP contribution is -2.37. The Kier molecular flexibility index (Phi) is 7.25. The third-order valence-electron chi connectivity index (χ3n) is 3.35. The first kappa shape index (κ1) is 18.7. The molecule has 0 fully saturated rings. The molecule has 0 aliphatic carbocycles. The molecular formula is C17H24N2O4. The van der Waals surface area contributed by atoms with Crippen LogP contribution in [0.2, 0.25) is 0 Å². The Labute approximate surface area is 136 Å². The molecule has 1 rings (SSSR count). The number of esters is 1. The molecule has 0 aliphatic heterocycles. The van der Waals surface area contributed by atoms with Gasteiger partial charge in [-0.15, -0.1) is 0 Å². The minimum Gasteiger partial charge on any atom is -0.465 e. The van der Waals surface area contributed by atoms with E-state index in [1.807, 2.05) is 0 Å². The van der Waals surface area contributed by atoms with E-state index in [4.69, 9.17) is 0 Å². The Balaban J connectivity index is 2.60. The lowest BCUT2D eigenvalue weighted by Gasteiger charge is -2.21. The quantitative estimate of drug-likeness (QED) is 0.782. The molecule has 0 aliphatic rings. The minimum absolute atomic E-state index is 0.0147. The number of amides is 2. The first-order valence-electron chi connectivity index (χ1n) is 7.57. The van der Waals surface area contributed by atoms with Gasteiger partial charge in [0.15, 0.2) is 0 Å². The zero-order chi connectivity index (χ0) is 17.4. The van der Waals surface area contributed by atoms with Crippen molar-refractivity contribution in [2.45, 2.75) is 27.2 Å². The maximum atomic E-state index is 12.1. The number of nitrogens with one attached hydrogen (secondary N) is 1. The van der Waals surface area contributed by atoms with Crippen molar-refractivity contribution in [2.24, 2.45) is 5.92 Å². The Morgan fingerprint density at radius 2 is 1.78 bits per heavy atom. The van der Waals surface area contributed by atoms with Gasteiger partial charge in [0.25, 0.3) is 0 Å². The van der Waals surface area contributed by atoms with E-state index in [9.17, 15) is 14.4 Å². The van der Waals surface area contributed by atoms with E-state index in [0.29, 0.717) is 23.7 Å². The van der Waals surface area contributed by atoms with E-state index in [1.165, 1.54) is 18.9 Å². The predicted octanol–water partition coefficient (Wildman–Crippen LogP) is 2.31. The highest BCUT2D eigenvalue weighted by Crippen LogP contribution is 2.11. The number of benzene rings is 1. The van der Waals surface area contributed by atoms with E-state index >= 15 is 0 Å². The fourth-order valence-electron chi connectivity index (χ4n) is 1.94. The number of hydrogen-bond donors (Lipinski definition) is 1. The standard InChI is InChI=1S/C17H24N2O4/c1-12(2)9-10-19(13(3)20)11-16(21)18-15-7-5-14(6-8-15)17(22)23-4/h5-8,12H,9-11H2,1-4H3,(H,18,21). The fraction of sp³-hybridized carbons (Fsp3) is 0.471. The number of hydrogen-bond acceptors (Lipinski definition) is 4. The lowest BCUT2D eigenvalue weighted by molar-refractivity contribution is -0.132. The highest BCUT2D eigenvalue weighted by molar-refractivity contribution is 5.95. The van der Waals surface area contributed by atoms with Crippen LogP contribution in [0.3, 0.4) is 0 Å². The maximum Gasteiger partial charge on any atom is 0.337 e. The van der Waals surface area contributed by atoms with Crippen molar-refractivity contribution in [3.8, 4) is 0 Å². The monoisotopic (exact) mass is 320 g/mol. The molecular weight excluding hydrogens is 296 g/mol. The van der Waals surface area contributed by atoms with E-state index in [2.05, 4.69) is 23.9 Å². The second-order valence-electron chi connectivity index (χ2n) is 5.74. The molecule has 0 spiro atoms. The second kappa shape index (κ2) is 8.92. The van der Waals surface area contributed by atoms with Crippen LogP contribution in [0.5, 0.6) is 0 Å². The van der Waals surface area contributed by atoms with Crippen molar-refractivity contribution in [1.82, 2.24) is 4.90 Å². The van der Waals surface area contributed by atoms with Gasteiger partial charge in [0, 0.05) is 19.2 Å². The number of nitrogens with zero attached hydrogens (tertiary/aromatic N) is 1. The van der Waals surface area contributed by atoms with Crippen molar-refractivity contribution in [3.63, 3.8) is 0 Å². The molecule has 0 bridgehead atoms. The number of carbonyl (C=O) groups excluding carboxylic acids is 3. The summed E-state index contributed by atoms with van der Waals surface area (Å²) in [6, 6.07) is 6.39. The number of methoxy groups -OCH3 is 1. The molecule has 0 heterocycles. The van der Waals surface area contributed by atoms with E-state index in [1.54, 1.807) is 24.3 Å². The molecule has 0 unspecified atom stereocenters. The molecule has 0 radical (unpaired) electrons. The van der Waals surface area contributed by atoms with Gasteiger partial charge in [-0.3, -0.25) is 9.59 Å². The van der Waals surface area contributed by atoms with Gasteiger partial charge in [0.1, 0.15) is 0 Å². The van der Waals surface area contributed by atoms with Crippen molar-refractivity contribution >= 4 is 23.5 Å². The van der Waals surface area contributed by atoms with Crippen molar-refractivity contribution in [1.29, 1.82) is 0 Å². The molecule has 1 N–H and O–H groups in total. The highest BCUT2D eigenvalue weighted by atomic mass is 16.5. The number of ether oxygens (including phenoxy) is 1. The molecule has 23 heavy (non-hydrogen) atoms. The number of anilines is 1. The van der Waals surface area contributed by atoms with Gasteiger partial charge in [0.05, 0.1) is 19.2 Å². The van der Waals surface area contributed by atoms with Gasteiger partial charge in [0.2, 0.25) is 11.8 Å². The molecule has 0 saturated heterocycles. The van der Waals surface area contributed by atoms with Crippen LogP contribution >= 0.6 is 0 Å². The molecule has 0 aromatic heterocycles. The van der Waals surface area contributed by atoms with Gasteiger partial charge in [-0.1, -0.05) is 13.8 Å². The first-order valence-corrected chi connectivity index (χ1v) is 7.57. The molecule has 126 valence electrons. The Hall–Kier alpha value is -2.37. The van der Waals surface area contributed by atoms with Gasteiger partial charge < -0.3 is 15.0 Å². The summed E-state index contributed by atoms with van der Waals surface area (Å²) in [5, 5.41) is 2.71. The van der Waals surface area contributed by atoms with Crippen LogP contribution in [0.25, 0.3) is 0 Å². The molecule has 0 atom stereocenters. The molecule has 0 saturated carbocycles. The third kappa shape index (κ3) is 6.50. The average molecular weight is 320 g/mol. The maximum absolute atomic E-state index is 12.1. The largest absolute Gasteiger partial charge is 0.465 e. The summed E-state index contributed by atoms with van der Waals surface area (Å²) in [5.74, 6) is -0.360. The summed E-state index contributed by atoms with van der Waals surface area (Å²) in [5.41, 5.74) is 0.975. The summed E-state index contributed by atoms with van der Waals surface area (Å²) in [6.45, 7) is 6.17. The van der Waals surface area contributed by atoms with Crippen LogP contribution < -0.4 is 5.32 Å². The topological polar surface area (TPSA) is 75.7 Å². The predicted molar refractivity (Wildman–Crippen MR) is 88.1 cm³/mol. The molecule has 6 heteroatoms. The smallest absolute Gasteiger partial charge is 0.337 e. The number of carbonyl (C=O) groups is 3. The van der Waals surface area contributed by atoms with E-state index < -0.39 is 5.97 Å². The molecule has 1 aromatic rings. The summed E-state index contributed by atoms with van der Waals surface area (Å²) in [7, 11) is 1.31. The van der Waals surface area contributed by atoms with Gasteiger partial charge >= 0.3 is 5.97 Å². The van der Waals surface area contributed by atoms with Gasteiger partial charge in [-0.2, -0.15) is 0 Å². The van der Waals surface area contributed by atoms with Crippen molar-refractivity contribution in [3.05, 3.63) is 29.8 Å². The molecule has 1 aromatic carbocycles. The van der Waals surface area contributed by atoms with E-state index in [0.717, 1.165) is 6.42 Å². The molecule has 6 nitrogen and oxygen atoms in total. The zero-order valence-electron chi connectivity index (χ0n) is 14.1. The summed E-state index contributed by atoms with van der Waals surface area (Å²) < 4.78 is 4.61. The minimum atomic E-state index is -0.431. The SMILES string of the molecule is COC(=O)c1ccc(NC(=O)CN(CCC(C)C)C(C)=O)cc1. The summed E-state index contributed by atoms with van der Waals surface area (Å²) in [6.07, 6.45) is 0.848. The normalized spacial score (nSPS) is 10.3. The lowest BCUT2D eigenvalue weighted by atomic mass is 10.1. The highest BCUT2D eigenvalue weighted by Gasteiger charge is 2.14. The van der Waals surface area contributed by atoms with Crippen molar-refractivity contribution in [2.75, 3.05) is 25.5 Å². The van der Waals surface area contributed by atoms with Crippen LogP contribution in [0, 0.1) is 5.92 Å². The third-order valence-corrected chi connectivity index (χ3v) is 3.35. The summed E-state index contributed by atoms with van der Waals surface area (Å²) >= 11 is 0. The van der Waals surface area contributed by atoms with Crippen molar-refractivity contribution < 1.29 is 19.1 Å². The molecule has 2 amide bonds. The van der Waals surface area contributed by atoms with Crippen LogP contribution in [-0.2, 0) is 14.3 Å². The zero-order valence-corrected chi connectivity index (χ0v) is 14.1. The van der Waals surface area contributed by atoms with Gasteiger partial charge in [-0.25, -0.2) is 4.79 Å². The summed E-state index contributed by atoms with van der Waals surface area (Å²) in [4.78, 5) is 36.5. The van der Waals surface area contributed by atoms with E-state index in [-0.39, 0.29) is 18.4 Å². The second-order valence-corrected chi connectivity index (χ2v) is 5.74. The van der Waals surface area contributed by atoms with Crippen LogP contribution in [-0.4, -0.2) is 42.9 Å². The van der Waals surface area contributed by atoms with Crippen LogP contribution in [0.15, 0.2) is 24.3 Å².